The van der Waals surface area contributed by atoms with E-state index in [-0.39, 0.29) is 28.3 Å². The molecule has 1 N–H and O–H groups in total. The van der Waals surface area contributed by atoms with Crippen molar-refractivity contribution < 1.29 is 14.7 Å². The van der Waals surface area contributed by atoms with Crippen LogP contribution in [-0.2, 0) is 4.79 Å². The number of carbonyl (C=O) groups excluding carboxylic acids is 1. The molecule has 104 valence electrons. The van der Waals surface area contributed by atoms with Gasteiger partial charge in [0, 0.05) is 12.2 Å². The van der Waals surface area contributed by atoms with E-state index in [0.717, 1.165) is 0 Å². The summed E-state index contributed by atoms with van der Waals surface area (Å²) in [6.45, 7) is 3.29. The minimum Gasteiger partial charge on any atom is -0.480 e. The summed E-state index contributed by atoms with van der Waals surface area (Å²) in [4.78, 5) is 28.1. The molecule has 0 aromatic carbocycles. The van der Waals surface area contributed by atoms with Gasteiger partial charge < -0.3 is 10.0 Å². The first-order chi connectivity index (χ1) is 8.86. The summed E-state index contributed by atoms with van der Waals surface area (Å²) in [5.74, 6) is -1.50. The molecule has 0 bridgehead atoms. The van der Waals surface area contributed by atoms with Crippen molar-refractivity contribution in [1.82, 2.24) is 9.88 Å². The Bertz CT molecular complexity index is 494. The average molecular weight is 305 g/mol. The van der Waals surface area contributed by atoms with Gasteiger partial charge in [0.25, 0.3) is 5.91 Å². The molecule has 0 aliphatic heterocycles. The van der Waals surface area contributed by atoms with Crippen molar-refractivity contribution in [2.24, 2.45) is 0 Å². The maximum Gasteiger partial charge on any atom is 0.323 e. The number of nitrogens with zero attached hydrogens (tertiary/aromatic N) is 2. The molecule has 0 radical (unpaired) electrons. The number of carboxylic acid groups (broad SMARTS) is 1. The fourth-order valence-electron chi connectivity index (χ4n) is 1.50. The number of aromatic nitrogens is 1. The zero-order valence-electron chi connectivity index (χ0n) is 10.6. The second-order valence-corrected chi connectivity index (χ2v) is 4.85. The number of rotatable bonds is 5. The van der Waals surface area contributed by atoms with E-state index in [1.807, 2.05) is 6.92 Å². The fraction of sp³-hybridized carbons (Fsp3) is 0.417. The molecule has 0 spiro atoms. The van der Waals surface area contributed by atoms with Crippen LogP contribution in [0.15, 0.2) is 12.3 Å². The monoisotopic (exact) mass is 304 g/mol. The van der Waals surface area contributed by atoms with Gasteiger partial charge in [-0.25, -0.2) is 4.98 Å². The van der Waals surface area contributed by atoms with Gasteiger partial charge in [0.15, 0.2) is 0 Å². The van der Waals surface area contributed by atoms with Crippen molar-refractivity contribution in [3.63, 3.8) is 0 Å². The average Bonchev–Trinajstić information content (AvgIpc) is 2.37. The van der Waals surface area contributed by atoms with E-state index in [0.29, 0.717) is 6.42 Å². The SMILES string of the molecule is CCC(C)N(CC(=O)O)C(=O)c1cnc(Cl)c(Cl)c1. The lowest BCUT2D eigenvalue weighted by molar-refractivity contribution is -0.138. The van der Waals surface area contributed by atoms with E-state index in [1.54, 1.807) is 6.92 Å². The molecule has 0 saturated carbocycles. The molecule has 5 nitrogen and oxygen atoms in total. The van der Waals surface area contributed by atoms with Crippen molar-refractivity contribution in [2.45, 2.75) is 26.3 Å². The number of halogens is 2. The van der Waals surface area contributed by atoms with E-state index in [4.69, 9.17) is 28.3 Å². The van der Waals surface area contributed by atoms with Crippen molar-refractivity contribution in [3.8, 4) is 0 Å². The van der Waals surface area contributed by atoms with Crippen LogP contribution in [0.5, 0.6) is 0 Å². The van der Waals surface area contributed by atoms with E-state index in [1.165, 1.54) is 17.2 Å². The van der Waals surface area contributed by atoms with Gasteiger partial charge in [-0.1, -0.05) is 30.1 Å². The van der Waals surface area contributed by atoms with E-state index >= 15 is 0 Å². The molecule has 1 unspecified atom stereocenters. The van der Waals surface area contributed by atoms with Gasteiger partial charge in [0.2, 0.25) is 0 Å². The third-order valence-corrected chi connectivity index (χ3v) is 3.42. The molecule has 0 fully saturated rings. The van der Waals surface area contributed by atoms with Crippen LogP contribution < -0.4 is 0 Å². The Kier molecular flexibility index (Phi) is 5.57. The second-order valence-electron chi connectivity index (χ2n) is 4.08. The van der Waals surface area contributed by atoms with Gasteiger partial charge in [0.05, 0.1) is 10.6 Å². The Hall–Kier alpha value is -1.33. The molecule has 1 heterocycles. The molecular formula is C12H14Cl2N2O3. The molecule has 7 heteroatoms. The van der Waals surface area contributed by atoms with Crippen LogP contribution in [0.3, 0.4) is 0 Å². The van der Waals surface area contributed by atoms with Gasteiger partial charge in [-0.15, -0.1) is 0 Å². The summed E-state index contributed by atoms with van der Waals surface area (Å²) in [7, 11) is 0. The molecule has 0 aliphatic rings. The summed E-state index contributed by atoms with van der Waals surface area (Å²) in [6.07, 6.45) is 1.93. The molecule has 19 heavy (non-hydrogen) atoms. The third kappa shape index (κ3) is 4.08. The van der Waals surface area contributed by atoms with Crippen LogP contribution in [0.2, 0.25) is 10.2 Å². The van der Waals surface area contributed by atoms with E-state index in [9.17, 15) is 9.59 Å². The first-order valence-corrected chi connectivity index (χ1v) is 6.46. The zero-order chi connectivity index (χ0) is 14.6. The highest BCUT2D eigenvalue weighted by molar-refractivity contribution is 6.41. The Morgan fingerprint density at radius 2 is 2.11 bits per heavy atom. The molecule has 1 aromatic rings. The molecule has 0 saturated heterocycles. The van der Waals surface area contributed by atoms with Crippen molar-refractivity contribution in [1.29, 1.82) is 0 Å². The Morgan fingerprint density at radius 3 is 2.58 bits per heavy atom. The van der Waals surface area contributed by atoms with Gasteiger partial charge in [-0.2, -0.15) is 0 Å². The molecule has 1 rings (SSSR count). The number of pyridine rings is 1. The lowest BCUT2D eigenvalue weighted by Crippen LogP contribution is -2.41. The fourth-order valence-corrected chi connectivity index (χ4v) is 1.77. The van der Waals surface area contributed by atoms with Crippen LogP contribution in [0.1, 0.15) is 30.6 Å². The zero-order valence-corrected chi connectivity index (χ0v) is 12.1. The van der Waals surface area contributed by atoms with Crippen molar-refractivity contribution in [3.05, 3.63) is 28.0 Å². The first-order valence-electron chi connectivity index (χ1n) is 5.70. The molecule has 0 aliphatic carbocycles. The van der Waals surface area contributed by atoms with Crippen molar-refractivity contribution in [2.75, 3.05) is 6.54 Å². The first kappa shape index (κ1) is 15.7. The lowest BCUT2D eigenvalue weighted by Gasteiger charge is -2.26. The Labute approximate surface area is 121 Å². The minimum atomic E-state index is -1.07. The second kappa shape index (κ2) is 6.73. The minimum absolute atomic E-state index is 0.103. The highest BCUT2D eigenvalue weighted by atomic mass is 35.5. The summed E-state index contributed by atoms with van der Waals surface area (Å²) in [5.41, 5.74) is 0.218. The topological polar surface area (TPSA) is 70.5 Å². The number of hydrogen-bond acceptors (Lipinski definition) is 3. The van der Waals surface area contributed by atoms with Crippen LogP contribution >= 0.6 is 23.2 Å². The molecule has 1 amide bonds. The van der Waals surface area contributed by atoms with Crippen LogP contribution in [0.25, 0.3) is 0 Å². The molecular weight excluding hydrogens is 291 g/mol. The quantitative estimate of drug-likeness (QED) is 0.849. The smallest absolute Gasteiger partial charge is 0.323 e. The van der Waals surface area contributed by atoms with Crippen LogP contribution in [-0.4, -0.2) is 39.5 Å². The van der Waals surface area contributed by atoms with E-state index in [2.05, 4.69) is 4.98 Å². The maximum atomic E-state index is 12.3. The van der Waals surface area contributed by atoms with E-state index < -0.39 is 11.9 Å². The number of aliphatic carboxylic acids is 1. The number of carbonyl (C=O) groups is 2. The van der Waals surface area contributed by atoms with Gasteiger partial charge in [0.1, 0.15) is 11.7 Å². The lowest BCUT2D eigenvalue weighted by atomic mass is 10.1. The highest BCUT2D eigenvalue weighted by Crippen LogP contribution is 2.21. The summed E-state index contributed by atoms with van der Waals surface area (Å²) < 4.78 is 0. The normalized spacial score (nSPS) is 12.0. The number of carboxylic acids is 1. The summed E-state index contributed by atoms with van der Waals surface area (Å²) >= 11 is 11.5. The number of amides is 1. The molecule has 1 aromatic heterocycles. The largest absolute Gasteiger partial charge is 0.480 e. The van der Waals surface area contributed by atoms with Gasteiger partial charge in [-0.05, 0) is 19.4 Å². The van der Waals surface area contributed by atoms with Gasteiger partial charge >= 0.3 is 5.97 Å². The summed E-state index contributed by atoms with van der Waals surface area (Å²) in [6, 6.07) is 1.19. The van der Waals surface area contributed by atoms with Crippen LogP contribution in [0, 0.1) is 0 Å². The maximum absolute atomic E-state index is 12.3. The van der Waals surface area contributed by atoms with Gasteiger partial charge in [-0.3, -0.25) is 9.59 Å². The molecule has 1 atom stereocenters. The highest BCUT2D eigenvalue weighted by Gasteiger charge is 2.23. The predicted octanol–water partition coefficient (Wildman–Crippen LogP) is 2.71. The Morgan fingerprint density at radius 1 is 1.47 bits per heavy atom. The third-order valence-electron chi connectivity index (χ3n) is 2.73. The number of hydrogen-bond donors (Lipinski definition) is 1. The van der Waals surface area contributed by atoms with Crippen molar-refractivity contribution >= 4 is 35.1 Å². The standard InChI is InChI=1S/C12H14Cl2N2O3/c1-3-7(2)16(6-10(17)18)12(19)8-4-9(13)11(14)15-5-8/h4-5,7H,3,6H2,1-2H3,(H,17,18). The Balaban J connectivity index is 3.04. The van der Waals surface area contributed by atoms with Crippen LogP contribution in [0.4, 0.5) is 0 Å². The summed E-state index contributed by atoms with van der Waals surface area (Å²) in [5, 5.41) is 9.13. The predicted molar refractivity (Wildman–Crippen MR) is 72.7 cm³/mol.